The largest absolute Gasteiger partial charge is 0.465 e. The van der Waals surface area contributed by atoms with Crippen molar-refractivity contribution in [3.05, 3.63) is 81.0 Å². The van der Waals surface area contributed by atoms with Gasteiger partial charge >= 0.3 is 11.9 Å². The normalized spacial score (nSPS) is 13.0. The highest BCUT2D eigenvalue weighted by Crippen LogP contribution is 2.32. The van der Waals surface area contributed by atoms with Crippen LogP contribution in [0.4, 0.5) is 16.5 Å². The standard InChI is InChI=1S/C26H21ClN4O7S/c1-4-38-25(36)20-13(2)28-26(39-20)30-21(32)14-9-11-15(12-10-14)29-19-18(27)22(33)31(23(19)34)17-8-6-5-7-16(17)24(35)37-3/h5-12,29H,4H2,1-3H3,(H,28,30,32). The van der Waals surface area contributed by atoms with Gasteiger partial charge in [-0.25, -0.2) is 19.5 Å². The van der Waals surface area contributed by atoms with Crippen LogP contribution in [0.2, 0.25) is 0 Å². The van der Waals surface area contributed by atoms with Gasteiger partial charge in [0.05, 0.1) is 30.7 Å². The summed E-state index contributed by atoms with van der Waals surface area (Å²) in [5.74, 6) is -3.27. The van der Waals surface area contributed by atoms with Gasteiger partial charge in [-0.2, -0.15) is 0 Å². The zero-order valence-corrected chi connectivity index (χ0v) is 22.4. The number of methoxy groups -OCH3 is 1. The van der Waals surface area contributed by atoms with Gasteiger partial charge in [0, 0.05) is 11.3 Å². The number of aryl methyl sites for hydroxylation is 1. The third-order valence-electron chi connectivity index (χ3n) is 5.47. The second-order valence-electron chi connectivity index (χ2n) is 7.95. The lowest BCUT2D eigenvalue weighted by atomic mass is 10.1. The number of thiazole rings is 1. The molecular weight excluding hydrogens is 548 g/mol. The summed E-state index contributed by atoms with van der Waals surface area (Å²) in [5.41, 5.74) is 0.950. The molecule has 1 aliphatic rings. The second-order valence-corrected chi connectivity index (χ2v) is 9.33. The molecule has 0 aliphatic carbocycles. The van der Waals surface area contributed by atoms with E-state index in [1.807, 2.05) is 0 Å². The number of nitrogens with zero attached hydrogens (tertiary/aromatic N) is 2. The van der Waals surface area contributed by atoms with Crippen molar-refractivity contribution < 1.29 is 33.4 Å². The molecule has 39 heavy (non-hydrogen) atoms. The van der Waals surface area contributed by atoms with Crippen LogP contribution in [0.15, 0.2) is 59.3 Å². The van der Waals surface area contributed by atoms with Gasteiger partial charge in [-0.15, -0.1) is 0 Å². The Hall–Kier alpha value is -4.55. The maximum absolute atomic E-state index is 13.1. The highest BCUT2D eigenvalue weighted by atomic mass is 35.5. The number of para-hydroxylation sites is 1. The van der Waals surface area contributed by atoms with E-state index in [9.17, 15) is 24.0 Å². The topological polar surface area (TPSA) is 144 Å². The van der Waals surface area contributed by atoms with Gasteiger partial charge in [-0.05, 0) is 50.2 Å². The second kappa shape index (κ2) is 11.5. The predicted octanol–water partition coefficient (Wildman–Crippen LogP) is 4.10. The average Bonchev–Trinajstić information content (AvgIpc) is 3.40. The monoisotopic (exact) mass is 568 g/mol. The van der Waals surface area contributed by atoms with Gasteiger partial charge in [0.1, 0.15) is 15.6 Å². The Morgan fingerprint density at radius 2 is 1.72 bits per heavy atom. The molecule has 3 aromatic rings. The van der Waals surface area contributed by atoms with E-state index in [4.69, 9.17) is 21.1 Å². The number of carbonyl (C=O) groups excluding carboxylic acids is 5. The van der Waals surface area contributed by atoms with Crippen LogP contribution in [0.5, 0.6) is 0 Å². The number of rotatable bonds is 8. The Morgan fingerprint density at radius 3 is 2.38 bits per heavy atom. The van der Waals surface area contributed by atoms with Crippen molar-refractivity contribution in [2.45, 2.75) is 13.8 Å². The Morgan fingerprint density at radius 1 is 1.03 bits per heavy atom. The number of hydrogen-bond donors (Lipinski definition) is 2. The molecule has 0 saturated carbocycles. The third kappa shape index (κ3) is 5.52. The molecule has 13 heteroatoms. The van der Waals surface area contributed by atoms with E-state index >= 15 is 0 Å². The van der Waals surface area contributed by atoms with Crippen molar-refractivity contribution in [1.82, 2.24) is 4.98 Å². The molecule has 200 valence electrons. The molecule has 0 fully saturated rings. The highest BCUT2D eigenvalue weighted by molar-refractivity contribution is 7.17. The van der Waals surface area contributed by atoms with Crippen LogP contribution in [-0.4, -0.2) is 48.4 Å². The molecule has 4 rings (SSSR count). The van der Waals surface area contributed by atoms with Gasteiger partial charge in [0.2, 0.25) is 0 Å². The van der Waals surface area contributed by atoms with Crippen molar-refractivity contribution in [3.8, 4) is 0 Å². The van der Waals surface area contributed by atoms with Crippen LogP contribution in [0, 0.1) is 6.92 Å². The zero-order valence-electron chi connectivity index (χ0n) is 20.9. The number of amides is 3. The number of carbonyl (C=O) groups is 5. The number of benzene rings is 2. The van der Waals surface area contributed by atoms with E-state index in [0.29, 0.717) is 16.3 Å². The van der Waals surface area contributed by atoms with E-state index in [1.54, 1.807) is 26.0 Å². The van der Waals surface area contributed by atoms with Gasteiger partial charge in [0.15, 0.2) is 5.13 Å². The van der Waals surface area contributed by atoms with E-state index < -0.39 is 29.7 Å². The van der Waals surface area contributed by atoms with Crippen LogP contribution in [-0.2, 0) is 19.1 Å². The molecule has 0 radical (unpaired) electrons. The number of imide groups is 1. The van der Waals surface area contributed by atoms with Crippen LogP contribution < -0.4 is 15.5 Å². The first-order valence-corrected chi connectivity index (χ1v) is 12.6. The molecule has 2 aromatic carbocycles. The molecule has 0 spiro atoms. The first-order valence-electron chi connectivity index (χ1n) is 11.4. The smallest absolute Gasteiger partial charge is 0.350 e. The van der Waals surface area contributed by atoms with Crippen LogP contribution >= 0.6 is 22.9 Å². The fourth-order valence-corrected chi connectivity index (χ4v) is 4.70. The highest BCUT2D eigenvalue weighted by Gasteiger charge is 2.40. The van der Waals surface area contributed by atoms with E-state index in [1.165, 1.54) is 43.5 Å². The first kappa shape index (κ1) is 27.5. The van der Waals surface area contributed by atoms with Gasteiger partial charge < -0.3 is 14.8 Å². The summed E-state index contributed by atoms with van der Waals surface area (Å²) in [6.45, 7) is 3.56. The molecule has 0 saturated heterocycles. The van der Waals surface area contributed by atoms with Crippen molar-refractivity contribution in [2.24, 2.45) is 0 Å². The maximum Gasteiger partial charge on any atom is 0.350 e. The number of ether oxygens (including phenoxy) is 2. The molecule has 2 heterocycles. The number of hydrogen-bond acceptors (Lipinski definition) is 10. The SMILES string of the molecule is CCOC(=O)c1sc(NC(=O)c2ccc(NC3=C(Cl)C(=O)N(c4ccccc4C(=O)OC)C3=O)cc2)nc1C. The zero-order chi connectivity index (χ0) is 28.3. The van der Waals surface area contributed by atoms with E-state index in [0.717, 1.165) is 16.2 Å². The first-order chi connectivity index (χ1) is 18.7. The Balaban J connectivity index is 1.48. The minimum Gasteiger partial charge on any atom is -0.465 e. The van der Waals surface area contributed by atoms with Crippen LogP contribution in [0.25, 0.3) is 0 Å². The summed E-state index contributed by atoms with van der Waals surface area (Å²) in [5, 5.41) is 5.32. The number of anilines is 3. The van der Waals surface area contributed by atoms with Gasteiger partial charge in [-0.3, -0.25) is 19.7 Å². The van der Waals surface area contributed by atoms with Crippen molar-refractivity contribution in [1.29, 1.82) is 0 Å². The molecule has 0 atom stereocenters. The lowest BCUT2D eigenvalue weighted by molar-refractivity contribution is -0.120. The summed E-state index contributed by atoms with van der Waals surface area (Å²) < 4.78 is 9.73. The number of aromatic nitrogens is 1. The van der Waals surface area contributed by atoms with Crippen LogP contribution in [0.3, 0.4) is 0 Å². The number of nitrogens with one attached hydrogen (secondary N) is 2. The van der Waals surface area contributed by atoms with Crippen molar-refractivity contribution in [3.63, 3.8) is 0 Å². The molecule has 2 N–H and O–H groups in total. The van der Waals surface area contributed by atoms with Gasteiger partial charge in [-0.1, -0.05) is 35.1 Å². The Kier molecular flexibility index (Phi) is 8.07. The van der Waals surface area contributed by atoms with Crippen molar-refractivity contribution in [2.75, 3.05) is 29.3 Å². The summed E-state index contributed by atoms with van der Waals surface area (Å²) in [7, 11) is 1.19. The minimum absolute atomic E-state index is 0.0209. The molecule has 1 aliphatic heterocycles. The summed E-state index contributed by atoms with van der Waals surface area (Å²) >= 11 is 7.20. The number of esters is 2. The number of halogens is 1. The molecule has 0 unspecified atom stereocenters. The Bertz CT molecular complexity index is 1530. The molecule has 11 nitrogen and oxygen atoms in total. The lowest BCUT2D eigenvalue weighted by Gasteiger charge is -2.17. The van der Waals surface area contributed by atoms with Gasteiger partial charge in [0.25, 0.3) is 17.7 Å². The fraction of sp³-hybridized carbons (Fsp3) is 0.154. The summed E-state index contributed by atoms with van der Waals surface area (Å²) in [4.78, 5) is 68.1. The quantitative estimate of drug-likeness (QED) is 0.303. The maximum atomic E-state index is 13.1. The molecule has 3 amide bonds. The van der Waals surface area contributed by atoms with Crippen molar-refractivity contribution >= 4 is 69.1 Å². The third-order valence-corrected chi connectivity index (χ3v) is 6.88. The Labute approximate surface area is 231 Å². The minimum atomic E-state index is -0.808. The molecular formula is C26H21ClN4O7S. The fourth-order valence-electron chi connectivity index (χ4n) is 3.64. The van der Waals surface area contributed by atoms with Crippen LogP contribution in [0.1, 0.15) is 43.0 Å². The molecule has 0 bridgehead atoms. The lowest BCUT2D eigenvalue weighted by Crippen LogP contribution is -2.33. The molecule has 1 aromatic heterocycles. The predicted molar refractivity (Wildman–Crippen MR) is 144 cm³/mol. The van der Waals surface area contributed by atoms with E-state index in [-0.39, 0.29) is 39.3 Å². The average molecular weight is 569 g/mol. The van der Waals surface area contributed by atoms with E-state index in [2.05, 4.69) is 15.6 Å². The summed E-state index contributed by atoms with van der Waals surface area (Å²) in [6, 6.07) is 12.0. The summed E-state index contributed by atoms with van der Waals surface area (Å²) in [6.07, 6.45) is 0.